The van der Waals surface area contributed by atoms with Crippen molar-refractivity contribution >= 4 is 28.9 Å². The van der Waals surface area contributed by atoms with E-state index in [4.69, 9.17) is 5.11 Å². The van der Waals surface area contributed by atoms with E-state index in [1.54, 1.807) is 0 Å². The third-order valence-corrected chi connectivity index (χ3v) is 3.08. The Balaban J connectivity index is 2.04. The number of para-hydroxylation sites is 2. The quantitative estimate of drug-likeness (QED) is 0.829. The summed E-state index contributed by atoms with van der Waals surface area (Å²) in [6.07, 6.45) is -0.169. The number of hydrogen-bond acceptors (Lipinski definition) is 3. The van der Waals surface area contributed by atoms with Crippen LogP contribution in [0.5, 0.6) is 0 Å². The lowest BCUT2D eigenvalue weighted by Gasteiger charge is -2.22. The van der Waals surface area contributed by atoms with Crippen molar-refractivity contribution in [1.29, 1.82) is 0 Å². The van der Waals surface area contributed by atoms with Crippen molar-refractivity contribution in [3.8, 4) is 0 Å². The van der Waals surface area contributed by atoms with Crippen LogP contribution in [0.15, 0.2) is 24.3 Å². The molecule has 0 saturated carbocycles. The molecular weight excluding hydrogens is 234 g/mol. The zero-order valence-electron chi connectivity index (χ0n) is 9.46. The number of aromatic nitrogens is 2. The first kappa shape index (κ1) is 10.8. The topological polar surface area (TPSA) is 84.2 Å². The molecule has 18 heavy (non-hydrogen) atoms. The summed E-state index contributed by atoms with van der Waals surface area (Å²) in [5.74, 6) is -1.31. The lowest BCUT2D eigenvalue weighted by atomic mass is 10.0. The lowest BCUT2D eigenvalue weighted by Crippen LogP contribution is -2.34. The number of nitrogens with one attached hydrogen (secondary N) is 1. The molecule has 2 heterocycles. The zero-order chi connectivity index (χ0) is 12.7. The number of benzene rings is 1. The van der Waals surface area contributed by atoms with Crippen LogP contribution in [0.1, 0.15) is 6.42 Å². The number of amides is 1. The fourth-order valence-corrected chi connectivity index (χ4v) is 2.24. The molecule has 0 fully saturated rings. The number of carbonyl (C=O) groups excluding carboxylic acids is 1. The van der Waals surface area contributed by atoms with E-state index < -0.39 is 11.9 Å². The van der Waals surface area contributed by atoms with E-state index in [0.717, 1.165) is 11.0 Å². The Kier molecular flexibility index (Phi) is 2.29. The molecule has 0 radical (unpaired) electrons. The Morgan fingerprint density at radius 2 is 2.28 bits per heavy atom. The van der Waals surface area contributed by atoms with Gasteiger partial charge in [0.2, 0.25) is 11.9 Å². The normalized spacial score (nSPS) is 18.4. The van der Waals surface area contributed by atoms with E-state index >= 15 is 0 Å². The van der Waals surface area contributed by atoms with Crippen LogP contribution in [0.25, 0.3) is 11.0 Å². The Labute approximate surface area is 102 Å². The molecule has 92 valence electrons. The SMILES string of the molecule is O=C(O)C[C@H]1Cn2c(nc3ccccc32)NC1=O. The number of carboxylic acids is 1. The second-order valence-corrected chi connectivity index (χ2v) is 4.32. The Morgan fingerprint density at radius 3 is 3.06 bits per heavy atom. The largest absolute Gasteiger partial charge is 0.481 e. The summed E-state index contributed by atoms with van der Waals surface area (Å²) in [7, 11) is 0. The smallest absolute Gasteiger partial charge is 0.304 e. The molecule has 6 heteroatoms. The number of nitrogens with zero attached hydrogens (tertiary/aromatic N) is 2. The number of anilines is 1. The van der Waals surface area contributed by atoms with Gasteiger partial charge in [0, 0.05) is 6.54 Å². The van der Waals surface area contributed by atoms with Gasteiger partial charge < -0.3 is 9.67 Å². The van der Waals surface area contributed by atoms with Crippen LogP contribution >= 0.6 is 0 Å². The molecule has 1 atom stereocenters. The lowest BCUT2D eigenvalue weighted by molar-refractivity contribution is -0.140. The van der Waals surface area contributed by atoms with Gasteiger partial charge in [-0.15, -0.1) is 0 Å². The van der Waals surface area contributed by atoms with Crippen molar-refractivity contribution in [3.63, 3.8) is 0 Å². The van der Waals surface area contributed by atoms with Crippen LogP contribution in [-0.2, 0) is 16.1 Å². The zero-order valence-corrected chi connectivity index (χ0v) is 9.46. The van der Waals surface area contributed by atoms with Gasteiger partial charge in [-0.1, -0.05) is 12.1 Å². The van der Waals surface area contributed by atoms with Crippen LogP contribution in [0, 0.1) is 5.92 Å². The molecule has 2 aromatic rings. The summed E-state index contributed by atoms with van der Waals surface area (Å²) in [6.45, 7) is 0.355. The second kappa shape index (κ2) is 3.83. The highest BCUT2D eigenvalue weighted by atomic mass is 16.4. The maximum Gasteiger partial charge on any atom is 0.304 e. The molecule has 0 unspecified atom stereocenters. The number of fused-ring (bicyclic) bond motifs is 3. The first-order chi connectivity index (χ1) is 8.65. The van der Waals surface area contributed by atoms with Gasteiger partial charge in [0.25, 0.3) is 0 Å². The summed E-state index contributed by atoms with van der Waals surface area (Å²) >= 11 is 0. The molecule has 0 spiro atoms. The average Bonchev–Trinajstić information content (AvgIpc) is 2.66. The van der Waals surface area contributed by atoms with E-state index in [-0.39, 0.29) is 12.3 Å². The molecule has 1 amide bonds. The first-order valence-electron chi connectivity index (χ1n) is 5.63. The van der Waals surface area contributed by atoms with Gasteiger partial charge in [-0.3, -0.25) is 14.9 Å². The van der Waals surface area contributed by atoms with Crippen LogP contribution in [0.3, 0.4) is 0 Å². The number of carbonyl (C=O) groups is 2. The van der Waals surface area contributed by atoms with Crippen LogP contribution in [0.2, 0.25) is 0 Å². The van der Waals surface area contributed by atoms with E-state index in [1.807, 2.05) is 28.8 Å². The molecule has 0 saturated heterocycles. The first-order valence-corrected chi connectivity index (χ1v) is 5.63. The van der Waals surface area contributed by atoms with Gasteiger partial charge in [0.1, 0.15) is 0 Å². The third-order valence-electron chi connectivity index (χ3n) is 3.08. The molecule has 2 N–H and O–H groups in total. The Bertz CT molecular complexity index is 647. The molecule has 6 nitrogen and oxygen atoms in total. The van der Waals surface area contributed by atoms with Gasteiger partial charge in [0.05, 0.1) is 23.4 Å². The van der Waals surface area contributed by atoms with Crippen LogP contribution < -0.4 is 5.32 Å². The van der Waals surface area contributed by atoms with Gasteiger partial charge in [-0.2, -0.15) is 0 Å². The molecule has 1 aliphatic rings. The summed E-state index contributed by atoms with van der Waals surface area (Å²) in [5.41, 5.74) is 1.70. The van der Waals surface area contributed by atoms with E-state index in [0.29, 0.717) is 12.5 Å². The highest BCUT2D eigenvalue weighted by Crippen LogP contribution is 2.26. The Hall–Kier alpha value is -2.37. The fraction of sp³-hybridized carbons (Fsp3) is 0.250. The average molecular weight is 245 g/mol. The van der Waals surface area contributed by atoms with Crippen molar-refractivity contribution in [2.45, 2.75) is 13.0 Å². The predicted molar refractivity (Wildman–Crippen MR) is 64.1 cm³/mol. The van der Waals surface area contributed by atoms with E-state index in [1.165, 1.54) is 0 Å². The monoisotopic (exact) mass is 245 g/mol. The van der Waals surface area contributed by atoms with Crippen LogP contribution in [0.4, 0.5) is 5.95 Å². The van der Waals surface area contributed by atoms with Gasteiger partial charge in [-0.25, -0.2) is 4.98 Å². The van der Waals surface area contributed by atoms with Crippen molar-refractivity contribution in [3.05, 3.63) is 24.3 Å². The summed E-state index contributed by atoms with van der Waals surface area (Å²) in [5, 5.41) is 11.4. The molecule has 1 aromatic carbocycles. The van der Waals surface area contributed by atoms with Crippen molar-refractivity contribution < 1.29 is 14.7 Å². The maximum absolute atomic E-state index is 11.7. The minimum atomic E-state index is -0.969. The highest BCUT2D eigenvalue weighted by Gasteiger charge is 2.29. The standard InChI is InChI=1S/C12H11N3O3/c16-10(17)5-7-6-15-9-4-2-1-3-8(9)13-12(15)14-11(7)18/h1-4,7H,5-6H2,(H,16,17)(H,13,14,18)/t7-/m0/s1. The number of imidazole rings is 1. The predicted octanol–water partition coefficient (Wildman–Crippen LogP) is 1.08. The minimum absolute atomic E-state index is 0.169. The third kappa shape index (κ3) is 1.62. The van der Waals surface area contributed by atoms with Gasteiger partial charge in [-0.05, 0) is 12.1 Å². The second-order valence-electron chi connectivity index (χ2n) is 4.32. The summed E-state index contributed by atoms with van der Waals surface area (Å²) < 4.78 is 1.85. The minimum Gasteiger partial charge on any atom is -0.481 e. The molecule has 3 rings (SSSR count). The highest BCUT2D eigenvalue weighted by molar-refractivity contribution is 5.96. The number of carboxylic acid groups (broad SMARTS) is 1. The van der Waals surface area contributed by atoms with E-state index in [2.05, 4.69) is 10.3 Å². The molecule has 0 aliphatic carbocycles. The summed E-state index contributed by atoms with van der Waals surface area (Å²) in [6, 6.07) is 7.53. The number of hydrogen-bond donors (Lipinski definition) is 2. The van der Waals surface area contributed by atoms with Crippen LogP contribution in [-0.4, -0.2) is 26.5 Å². The van der Waals surface area contributed by atoms with Crippen molar-refractivity contribution in [2.75, 3.05) is 5.32 Å². The molecule has 1 aliphatic heterocycles. The van der Waals surface area contributed by atoms with Crippen molar-refractivity contribution in [1.82, 2.24) is 9.55 Å². The maximum atomic E-state index is 11.7. The molecule has 0 bridgehead atoms. The molecular formula is C12H11N3O3. The number of aliphatic carboxylic acids is 1. The van der Waals surface area contributed by atoms with Gasteiger partial charge >= 0.3 is 5.97 Å². The molecule has 1 aromatic heterocycles. The van der Waals surface area contributed by atoms with E-state index in [9.17, 15) is 9.59 Å². The van der Waals surface area contributed by atoms with Crippen molar-refractivity contribution in [2.24, 2.45) is 5.92 Å². The Morgan fingerprint density at radius 1 is 1.50 bits per heavy atom. The fourth-order valence-electron chi connectivity index (χ4n) is 2.24. The van der Waals surface area contributed by atoms with Gasteiger partial charge in [0.15, 0.2) is 0 Å². The number of rotatable bonds is 2. The summed E-state index contributed by atoms with van der Waals surface area (Å²) in [4.78, 5) is 26.8.